The lowest BCUT2D eigenvalue weighted by Gasteiger charge is -2.23. The summed E-state index contributed by atoms with van der Waals surface area (Å²) in [7, 11) is 0. The van der Waals surface area contributed by atoms with Gasteiger partial charge in [-0.1, -0.05) is 19.9 Å². The lowest BCUT2D eigenvalue weighted by Crippen LogP contribution is -2.27. The summed E-state index contributed by atoms with van der Waals surface area (Å²) in [5, 5.41) is 3.12. The Morgan fingerprint density at radius 3 is 2.56 bits per heavy atom. The number of guanidine groups is 1. The minimum absolute atomic E-state index is 0.147. The molecule has 0 unspecified atom stereocenters. The fourth-order valence-corrected chi connectivity index (χ4v) is 2.77. The summed E-state index contributed by atoms with van der Waals surface area (Å²) >= 11 is 0. The van der Waals surface area contributed by atoms with Crippen LogP contribution in [0.4, 0.5) is 5.69 Å². The molecule has 0 spiro atoms. The second kappa shape index (κ2) is 7.78. The first-order valence-corrected chi connectivity index (χ1v) is 9.07. The van der Waals surface area contributed by atoms with Crippen LogP contribution in [0.15, 0.2) is 47.5 Å². The van der Waals surface area contributed by atoms with Crippen molar-refractivity contribution in [3.05, 3.63) is 48.0 Å². The highest BCUT2D eigenvalue weighted by molar-refractivity contribution is 5.92. The Kier molecular flexibility index (Phi) is 5.44. The SMILES string of the molecule is CC(C)Oc1ccc(NC(N)=NCC(C)(C)c2ccc3c(c2)OCO3)cc1. The zero-order valence-corrected chi connectivity index (χ0v) is 16.3. The van der Waals surface area contributed by atoms with E-state index in [0.717, 1.165) is 28.5 Å². The summed E-state index contributed by atoms with van der Waals surface area (Å²) in [4.78, 5) is 4.51. The number of fused-ring (bicyclic) bond motifs is 1. The van der Waals surface area contributed by atoms with Gasteiger partial charge in [-0.15, -0.1) is 0 Å². The number of nitrogens with one attached hydrogen (secondary N) is 1. The van der Waals surface area contributed by atoms with Crippen LogP contribution in [0.2, 0.25) is 0 Å². The number of rotatable bonds is 6. The van der Waals surface area contributed by atoms with Crippen molar-refractivity contribution < 1.29 is 14.2 Å². The molecule has 0 aliphatic carbocycles. The van der Waals surface area contributed by atoms with Crippen molar-refractivity contribution in [3.63, 3.8) is 0 Å². The molecule has 6 heteroatoms. The monoisotopic (exact) mass is 369 g/mol. The molecule has 0 radical (unpaired) electrons. The fourth-order valence-electron chi connectivity index (χ4n) is 2.77. The maximum absolute atomic E-state index is 6.06. The van der Waals surface area contributed by atoms with Gasteiger partial charge in [0.1, 0.15) is 5.75 Å². The summed E-state index contributed by atoms with van der Waals surface area (Å²) in [5.74, 6) is 2.76. The number of aliphatic imine (C=N–C) groups is 1. The number of nitrogens with zero attached hydrogens (tertiary/aromatic N) is 1. The summed E-state index contributed by atoms with van der Waals surface area (Å²) in [6.07, 6.45) is 0.147. The minimum Gasteiger partial charge on any atom is -0.491 e. The number of hydrogen-bond acceptors (Lipinski definition) is 4. The molecule has 3 N–H and O–H groups in total. The van der Waals surface area contributed by atoms with E-state index < -0.39 is 0 Å². The van der Waals surface area contributed by atoms with E-state index in [1.165, 1.54) is 0 Å². The van der Waals surface area contributed by atoms with Crippen LogP contribution in [-0.2, 0) is 5.41 Å². The molecule has 1 aliphatic heterocycles. The Morgan fingerprint density at radius 1 is 1.15 bits per heavy atom. The van der Waals surface area contributed by atoms with Gasteiger partial charge in [-0.2, -0.15) is 0 Å². The van der Waals surface area contributed by atoms with Gasteiger partial charge in [-0.25, -0.2) is 0 Å². The van der Waals surface area contributed by atoms with Gasteiger partial charge in [0.2, 0.25) is 6.79 Å². The average molecular weight is 369 g/mol. The largest absolute Gasteiger partial charge is 0.491 e. The van der Waals surface area contributed by atoms with Gasteiger partial charge >= 0.3 is 0 Å². The van der Waals surface area contributed by atoms with Crippen LogP contribution in [0.5, 0.6) is 17.2 Å². The van der Waals surface area contributed by atoms with E-state index in [4.69, 9.17) is 19.9 Å². The Morgan fingerprint density at radius 2 is 1.85 bits per heavy atom. The molecule has 2 aromatic rings. The number of benzene rings is 2. The van der Waals surface area contributed by atoms with Crippen molar-refractivity contribution in [3.8, 4) is 17.2 Å². The molecule has 0 bridgehead atoms. The van der Waals surface area contributed by atoms with Crippen molar-refractivity contribution in [1.29, 1.82) is 0 Å². The van der Waals surface area contributed by atoms with Crippen LogP contribution in [-0.4, -0.2) is 25.4 Å². The number of ether oxygens (including phenoxy) is 3. The van der Waals surface area contributed by atoms with Gasteiger partial charge in [0.15, 0.2) is 17.5 Å². The summed E-state index contributed by atoms with van der Waals surface area (Å²) in [5.41, 5.74) is 7.86. The van der Waals surface area contributed by atoms with Gasteiger partial charge in [0.05, 0.1) is 12.6 Å². The maximum atomic E-state index is 6.06. The molecule has 3 rings (SSSR count). The number of hydrogen-bond donors (Lipinski definition) is 2. The second-order valence-corrected chi connectivity index (χ2v) is 7.47. The predicted octanol–water partition coefficient (Wildman–Crippen LogP) is 3.91. The molecule has 6 nitrogen and oxygen atoms in total. The van der Waals surface area contributed by atoms with Crippen molar-refractivity contribution >= 4 is 11.6 Å². The van der Waals surface area contributed by atoms with Crippen LogP contribution < -0.4 is 25.3 Å². The molecule has 0 aromatic heterocycles. The van der Waals surface area contributed by atoms with Crippen LogP contribution in [0.25, 0.3) is 0 Å². The Labute approximate surface area is 160 Å². The summed E-state index contributed by atoms with van der Waals surface area (Å²) in [6, 6.07) is 13.6. The summed E-state index contributed by atoms with van der Waals surface area (Å²) in [6.45, 7) is 9.06. The highest BCUT2D eigenvalue weighted by Gasteiger charge is 2.24. The third-order valence-corrected chi connectivity index (χ3v) is 4.30. The van der Waals surface area contributed by atoms with Crippen LogP contribution in [0.1, 0.15) is 33.3 Å². The Hall–Kier alpha value is -2.89. The molecule has 144 valence electrons. The van der Waals surface area contributed by atoms with Crippen molar-refractivity contribution in [2.75, 3.05) is 18.7 Å². The van der Waals surface area contributed by atoms with E-state index in [1.807, 2.05) is 56.3 Å². The fraction of sp³-hybridized carbons (Fsp3) is 0.381. The van der Waals surface area contributed by atoms with Gasteiger partial charge in [0, 0.05) is 11.1 Å². The molecule has 1 heterocycles. The van der Waals surface area contributed by atoms with Crippen LogP contribution in [0.3, 0.4) is 0 Å². The molecule has 1 aliphatic rings. The van der Waals surface area contributed by atoms with E-state index in [0.29, 0.717) is 12.5 Å². The lowest BCUT2D eigenvalue weighted by atomic mass is 9.84. The van der Waals surface area contributed by atoms with E-state index in [2.05, 4.69) is 24.2 Å². The Bertz CT molecular complexity index is 814. The second-order valence-electron chi connectivity index (χ2n) is 7.47. The van der Waals surface area contributed by atoms with Gasteiger partial charge in [0.25, 0.3) is 0 Å². The first-order chi connectivity index (χ1) is 12.8. The van der Waals surface area contributed by atoms with Crippen LogP contribution in [0, 0.1) is 0 Å². The molecular weight excluding hydrogens is 342 g/mol. The zero-order chi connectivity index (χ0) is 19.4. The molecule has 0 atom stereocenters. The topological polar surface area (TPSA) is 78.1 Å². The van der Waals surface area contributed by atoms with Gasteiger partial charge in [-0.05, 0) is 55.8 Å². The quantitative estimate of drug-likeness (QED) is 0.596. The lowest BCUT2D eigenvalue weighted by molar-refractivity contribution is 0.174. The molecular formula is C21H27N3O3. The average Bonchev–Trinajstić information content (AvgIpc) is 3.09. The van der Waals surface area contributed by atoms with Gasteiger partial charge in [-0.3, -0.25) is 4.99 Å². The highest BCUT2D eigenvalue weighted by Crippen LogP contribution is 2.36. The molecule has 27 heavy (non-hydrogen) atoms. The molecule has 0 saturated carbocycles. The van der Waals surface area contributed by atoms with E-state index in [1.54, 1.807) is 0 Å². The number of nitrogens with two attached hydrogens (primary N) is 1. The first kappa shape index (κ1) is 18.9. The minimum atomic E-state index is -0.192. The van der Waals surface area contributed by atoms with E-state index in [-0.39, 0.29) is 18.3 Å². The first-order valence-electron chi connectivity index (χ1n) is 9.07. The highest BCUT2D eigenvalue weighted by atomic mass is 16.7. The van der Waals surface area contributed by atoms with Crippen molar-refractivity contribution in [2.24, 2.45) is 10.7 Å². The van der Waals surface area contributed by atoms with Crippen molar-refractivity contribution in [2.45, 2.75) is 39.2 Å². The third kappa shape index (κ3) is 4.84. The maximum Gasteiger partial charge on any atom is 0.231 e. The predicted molar refractivity (Wildman–Crippen MR) is 108 cm³/mol. The molecule has 0 saturated heterocycles. The molecule has 0 fully saturated rings. The molecule has 2 aromatic carbocycles. The summed E-state index contributed by atoms with van der Waals surface area (Å²) < 4.78 is 16.5. The molecule has 0 amide bonds. The van der Waals surface area contributed by atoms with Gasteiger partial charge < -0.3 is 25.3 Å². The normalized spacial score (nSPS) is 13.7. The zero-order valence-electron chi connectivity index (χ0n) is 16.3. The number of anilines is 1. The smallest absolute Gasteiger partial charge is 0.231 e. The van der Waals surface area contributed by atoms with Crippen molar-refractivity contribution in [1.82, 2.24) is 0 Å². The van der Waals surface area contributed by atoms with E-state index >= 15 is 0 Å². The Balaban J connectivity index is 1.62. The third-order valence-electron chi connectivity index (χ3n) is 4.30. The standard InChI is InChI=1S/C21H27N3O3/c1-14(2)27-17-8-6-16(7-9-17)24-20(22)23-12-21(3,4)15-5-10-18-19(11-15)26-13-25-18/h5-11,14H,12-13H2,1-4H3,(H3,22,23,24). The van der Waals surface area contributed by atoms with Crippen LogP contribution >= 0.6 is 0 Å². The van der Waals surface area contributed by atoms with E-state index in [9.17, 15) is 0 Å².